The van der Waals surface area contributed by atoms with E-state index in [0.717, 1.165) is 4.47 Å². The molecule has 1 amide bonds. The van der Waals surface area contributed by atoms with Gasteiger partial charge in [-0.3, -0.25) is 4.79 Å². The smallest absolute Gasteiger partial charge is 0.287 e. The van der Waals surface area contributed by atoms with E-state index >= 15 is 0 Å². The van der Waals surface area contributed by atoms with Crippen LogP contribution in [0, 0.1) is 0 Å². The largest absolute Gasteiger partial charge is 0.350 e. The van der Waals surface area contributed by atoms with Crippen LogP contribution in [0.2, 0.25) is 0 Å². The van der Waals surface area contributed by atoms with Gasteiger partial charge in [-0.05, 0) is 28.9 Å². The predicted octanol–water partition coefficient (Wildman–Crippen LogP) is 1.48. The number of carbonyl (C=O) groups is 1. The number of nitrogens with zero attached hydrogens (tertiary/aromatic N) is 3. The van der Waals surface area contributed by atoms with Crippen LogP contribution in [0.5, 0.6) is 0 Å². The van der Waals surface area contributed by atoms with Gasteiger partial charge in [-0.1, -0.05) is 0 Å². The highest BCUT2D eigenvalue weighted by atomic mass is 79.9. The van der Waals surface area contributed by atoms with Gasteiger partial charge in [-0.2, -0.15) is 0 Å². The molecule has 1 N–H and O–H groups in total. The van der Waals surface area contributed by atoms with Crippen molar-refractivity contribution >= 4 is 33.0 Å². The van der Waals surface area contributed by atoms with Gasteiger partial charge in [0, 0.05) is 24.3 Å². The first-order chi connectivity index (χ1) is 7.63. The zero-order valence-corrected chi connectivity index (χ0v) is 10.6. The van der Waals surface area contributed by atoms with Crippen molar-refractivity contribution in [1.82, 2.24) is 19.9 Å². The molecule has 2 aromatic rings. The standard InChI is InChI=1S/C10H11BrN4O/c1-3-12-10(16)9-14-7-4-6(11)5-13-8(7)15(9)2/h4-5H,3H2,1-2H3,(H,12,16). The Hall–Kier alpha value is -1.43. The molecule has 16 heavy (non-hydrogen) atoms. The van der Waals surface area contributed by atoms with Crippen LogP contribution in [-0.4, -0.2) is 27.0 Å². The molecule has 0 aliphatic carbocycles. The lowest BCUT2D eigenvalue weighted by Crippen LogP contribution is -2.25. The van der Waals surface area contributed by atoms with Crippen molar-refractivity contribution in [2.75, 3.05) is 6.54 Å². The number of nitrogens with one attached hydrogen (secondary N) is 1. The van der Waals surface area contributed by atoms with Crippen molar-refractivity contribution in [2.45, 2.75) is 6.92 Å². The number of pyridine rings is 1. The van der Waals surface area contributed by atoms with Crippen LogP contribution in [0.3, 0.4) is 0 Å². The molecule has 6 heteroatoms. The predicted molar refractivity (Wildman–Crippen MR) is 64.2 cm³/mol. The molecule has 2 heterocycles. The first kappa shape index (κ1) is 11.1. The number of rotatable bonds is 2. The Morgan fingerprint density at radius 3 is 3.06 bits per heavy atom. The molecule has 0 aliphatic heterocycles. The summed E-state index contributed by atoms with van der Waals surface area (Å²) in [5.41, 5.74) is 1.41. The molecule has 2 aromatic heterocycles. The maximum Gasteiger partial charge on any atom is 0.287 e. The highest BCUT2D eigenvalue weighted by molar-refractivity contribution is 9.10. The maximum atomic E-state index is 11.7. The van der Waals surface area contributed by atoms with Crippen LogP contribution in [0.25, 0.3) is 11.2 Å². The Bertz CT molecular complexity index is 549. The fourth-order valence-electron chi connectivity index (χ4n) is 1.49. The van der Waals surface area contributed by atoms with E-state index in [1.807, 2.05) is 13.0 Å². The minimum Gasteiger partial charge on any atom is -0.350 e. The van der Waals surface area contributed by atoms with Crippen LogP contribution in [0.1, 0.15) is 17.5 Å². The van der Waals surface area contributed by atoms with Gasteiger partial charge in [0.2, 0.25) is 5.82 Å². The zero-order valence-electron chi connectivity index (χ0n) is 8.99. The molecule has 0 atom stereocenters. The summed E-state index contributed by atoms with van der Waals surface area (Å²) in [6.07, 6.45) is 1.69. The van der Waals surface area contributed by atoms with Gasteiger partial charge in [-0.25, -0.2) is 9.97 Å². The SMILES string of the molecule is CCNC(=O)c1nc2cc(Br)cnc2n1C. The summed E-state index contributed by atoms with van der Waals surface area (Å²) in [4.78, 5) is 20.2. The summed E-state index contributed by atoms with van der Waals surface area (Å²) in [6.45, 7) is 2.45. The van der Waals surface area contributed by atoms with Crippen molar-refractivity contribution < 1.29 is 4.79 Å². The molecule has 0 unspecified atom stereocenters. The fraction of sp³-hybridized carbons (Fsp3) is 0.300. The fourth-order valence-corrected chi connectivity index (χ4v) is 1.81. The van der Waals surface area contributed by atoms with Gasteiger partial charge in [0.1, 0.15) is 5.52 Å². The van der Waals surface area contributed by atoms with Crippen molar-refractivity contribution in [3.05, 3.63) is 22.6 Å². The average Bonchev–Trinajstić information content (AvgIpc) is 2.56. The van der Waals surface area contributed by atoms with E-state index < -0.39 is 0 Å². The number of hydrogen-bond donors (Lipinski definition) is 1. The van der Waals surface area contributed by atoms with E-state index in [1.165, 1.54) is 0 Å². The van der Waals surface area contributed by atoms with Crippen LogP contribution >= 0.6 is 15.9 Å². The summed E-state index contributed by atoms with van der Waals surface area (Å²) < 4.78 is 2.53. The number of fused-ring (bicyclic) bond motifs is 1. The first-order valence-electron chi connectivity index (χ1n) is 4.89. The van der Waals surface area contributed by atoms with Crippen LogP contribution in [0.15, 0.2) is 16.7 Å². The van der Waals surface area contributed by atoms with Crippen molar-refractivity contribution in [1.29, 1.82) is 0 Å². The molecule has 0 bridgehead atoms. The summed E-state index contributed by atoms with van der Waals surface area (Å²) >= 11 is 3.32. The Labute approximate surface area is 101 Å². The van der Waals surface area contributed by atoms with E-state index in [0.29, 0.717) is 23.5 Å². The van der Waals surface area contributed by atoms with Crippen LogP contribution in [-0.2, 0) is 7.05 Å². The molecular formula is C10H11BrN4O. The van der Waals surface area contributed by atoms with E-state index in [2.05, 4.69) is 31.2 Å². The lowest BCUT2D eigenvalue weighted by molar-refractivity contribution is 0.0943. The first-order valence-corrected chi connectivity index (χ1v) is 5.69. The monoisotopic (exact) mass is 282 g/mol. The van der Waals surface area contributed by atoms with Gasteiger partial charge in [0.25, 0.3) is 5.91 Å². The third-order valence-corrected chi connectivity index (χ3v) is 2.65. The molecule has 0 aliphatic rings. The lowest BCUT2D eigenvalue weighted by Gasteiger charge is -2.01. The quantitative estimate of drug-likeness (QED) is 0.908. The van der Waals surface area contributed by atoms with E-state index in [1.54, 1.807) is 17.8 Å². The van der Waals surface area contributed by atoms with E-state index in [-0.39, 0.29) is 5.91 Å². The highest BCUT2D eigenvalue weighted by Crippen LogP contribution is 2.17. The average molecular weight is 283 g/mol. The van der Waals surface area contributed by atoms with Gasteiger partial charge in [0.05, 0.1) is 0 Å². The Morgan fingerprint density at radius 2 is 2.38 bits per heavy atom. The van der Waals surface area contributed by atoms with Crippen molar-refractivity contribution in [2.24, 2.45) is 7.05 Å². The minimum atomic E-state index is -0.181. The van der Waals surface area contributed by atoms with Gasteiger partial charge < -0.3 is 9.88 Å². The second-order valence-corrected chi connectivity index (χ2v) is 4.27. The summed E-state index contributed by atoms with van der Waals surface area (Å²) in [5, 5.41) is 2.72. The maximum absolute atomic E-state index is 11.7. The second-order valence-electron chi connectivity index (χ2n) is 3.35. The zero-order chi connectivity index (χ0) is 11.7. The number of aryl methyl sites for hydroxylation is 1. The second kappa shape index (κ2) is 4.21. The number of carbonyl (C=O) groups excluding carboxylic acids is 1. The minimum absolute atomic E-state index is 0.181. The summed E-state index contributed by atoms with van der Waals surface area (Å²) in [5.74, 6) is 0.196. The molecule has 0 radical (unpaired) electrons. The molecule has 0 saturated carbocycles. The third kappa shape index (κ3) is 1.80. The van der Waals surface area contributed by atoms with Gasteiger partial charge in [0.15, 0.2) is 5.65 Å². The molecule has 0 aromatic carbocycles. The normalized spacial score (nSPS) is 10.7. The van der Waals surface area contributed by atoms with E-state index in [9.17, 15) is 4.79 Å². The van der Waals surface area contributed by atoms with Gasteiger partial charge >= 0.3 is 0 Å². The number of aromatic nitrogens is 3. The number of amides is 1. The number of hydrogen-bond acceptors (Lipinski definition) is 3. The third-order valence-electron chi connectivity index (χ3n) is 2.22. The Balaban J connectivity index is 2.55. The summed E-state index contributed by atoms with van der Waals surface area (Å²) in [7, 11) is 1.78. The number of imidazole rings is 1. The molecule has 0 saturated heterocycles. The highest BCUT2D eigenvalue weighted by Gasteiger charge is 2.15. The van der Waals surface area contributed by atoms with Crippen molar-refractivity contribution in [3.8, 4) is 0 Å². The summed E-state index contributed by atoms with van der Waals surface area (Å²) in [6, 6.07) is 1.84. The van der Waals surface area contributed by atoms with Gasteiger partial charge in [-0.15, -0.1) is 0 Å². The molecule has 0 fully saturated rings. The van der Waals surface area contributed by atoms with E-state index in [4.69, 9.17) is 0 Å². The molecule has 5 nitrogen and oxygen atoms in total. The Morgan fingerprint density at radius 1 is 1.62 bits per heavy atom. The molecular weight excluding hydrogens is 272 g/mol. The Kier molecular flexibility index (Phi) is 2.91. The van der Waals surface area contributed by atoms with Crippen LogP contribution < -0.4 is 5.32 Å². The number of halogens is 1. The topological polar surface area (TPSA) is 59.8 Å². The molecule has 2 rings (SSSR count). The molecule has 84 valence electrons. The molecule has 0 spiro atoms. The van der Waals surface area contributed by atoms with Crippen LogP contribution in [0.4, 0.5) is 0 Å². The van der Waals surface area contributed by atoms with Crippen molar-refractivity contribution in [3.63, 3.8) is 0 Å². The lowest BCUT2D eigenvalue weighted by atomic mass is 10.4.